The van der Waals surface area contributed by atoms with E-state index in [1.807, 2.05) is 11.9 Å². The summed E-state index contributed by atoms with van der Waals surface area (Å²) in [7, 11) is 1.88. The van der Waals surface area contributed by atoms with E-state index in [1.54, 1.807) is 4.90 Å². The topological polar surface area (TPSA) is 60.9 Å². The van der Waals surface area contributed by atoms with E-state index in [-0.39, 0.29) is 18.5 Å². The second-order valence-corrected chi connectivity index (χ2v) is 7.38. The minimum Gasteiger partial charge on any atom is -0.481 e. The number of nitrogens with zero attached hydrogens (tertiary/aromatic N) is 2. The number of hydrogen-bond donors (Lipinski definition) is 1. The van der Waals surface area contributed by atoms with Crippen LogP contribution in [0.3, 0.4) is 0 Å². The molecule has 0 aromatic heterocycles. The molecule has 5 nitrogen and oxygen atoms in total. The van der Waals surface area contributed by atoms with E-state index in [0.717, 1.165) is 38.5 Å². The maximum absolute atomic E-state index is 12.7. The maximum atomic E-state index is 12.7. The van der Waals surface area contributed by atoms with Crippen molar-refractivity contribution in [1.29, 1.82) is 0 Å². The van der Waals surface area contributed by atoms with E-state index < -0.39 is 5.97 Å². The fourth-order valence-electron chi connectivity index (χ4n) is 3.63. The molecule has 1 aliphatic heterocycles. The molecule has 21 heavy (non-hydrogen) atoms. The van der Waals surface area contributed by atoms with Gasteiger partial charge in [-0.1, -0.05) is 13.8 Å². The highest BCUT2D eigenvalue weighted by Gasteiger charge is 2.36. The van der Waals surface area contributed by atoms with Crippen LogP contribution in [0.4, 0.5) is 4.79 Å². The molecule has 0 bridgehead atoms. The van der Waals surface area contributed by atoms with Crippen LogP contribution in [0.25, 0.3) is 0 Å². The predicted octanol–water partition coefficient (Wildman–Crippen LogP) is 2.95. The Morgan fingerprint density at radius 2 is 1.86 bits per heavy atom. The lowest BCUT2D eigenvalue weighted by atomic mass is 9.75. The fraction of sp³-hybridized carbons (Fsp3) is 0.875. The van der Waals surface area contributed by atoms with Gasteiger partial charge in [0.2, 0.25) is 0 Å². The Hall–Kier alpha value is -1.26. The first-order valence-electron chi connectivity index (χ1n) is 8.05. The highest BCUT2D eigenvalue weighted by molar-refractivity contribution is 5.76. The molecule has 1 aliphatic carbocycles. The highest BCUT2D eigenvalue weighted by atomic mass is 16.4. The second kappa shape index (κ2) is 6.24. The van der Waals surface area contributed by atoms with Crippen molar-refractivity contribution >= 4 is 12.0 Å². The standard InChI is InChI=1S/C16H28N2O3/c1-16(2)8-6-12(7-9-16)17(3)15(21)18-10-4-5-13(18)11-14(19)20/h12-13H,4-11H2,1-3H3,(H,19,20). The molecule has 2 rings (SSSR count). The maximum Gasteiger partial charge on any atom is 0.320 e. The van der Waals surface area contributed by atoms with E-state index >= 15 is 0 Å². The van der Waals surface area contributed by atoms with Crippen LogP contribution in [-0.4, -0.2) is 52.6 Å². The number of carboxylic acid groups (broad SMARTS) is 1. The Kier molecular flexibility index (Phi) is 4.79. The minimum absolute atomic E-state index is 0.0171. The molecule has 1 atom stereocenters. The van der Waals surface area contributed by atoms with Gasteiger partial charge in [-0.2, -0.15) is 0 Å². The van der Waals surface area contributed by atoms with Crippen LogP contribution in [0.1, 0.15) is 58.8 Å². The number of carbonyl (C=O) groups is 2. The molecular weight excluding hydrogens is 268 g/mol. The lowest BCUT2D eigenvalue weighted by molar-refractivity contribution is -0.138. The van der Waals surface area contributed by atoms with Gasteiger partial charge < -0.3 is 14.9 Å². The summed E-state index contributed by atoms with van der Waals surface area (Å²) in [6.45, 7) is 5.27. The summed E-state index contributed by atoms with van der Waals surface area (Å²) in [4.78, 5) is 27.2. The van der Waals surface area contributed by atoms with Crippen LogP contribution >= 0.6 is 0 Å². The first kappa shape index (κ1) is 16.1. The van der Waals surface area contributed by atoms with Crippen LogP contribution < -0.4 is 0 Å². The summed E-state index contributed by atoms with van der Waals surface area (Å²) < 4.78 is 0. The van der Waals surface area contributed by atoms with Gasteiger partial charge in [0, 0.05) is 25.7 Å². The molecule has 1 unspecified atom stereocenters. The molecule has 120 valence electrons. The largest absolute Gasteiger partial charge is 0.481 e. The molecule has 5 heteroatoms. The van der Waals surface area contributed by atoms with Crippen LogP contribution in [0.2, 0.25) is 0 Å². The van der Waals surface area contributed by atoms with Crippen LogP contribution in [0.15, 0.2) is 0 Å². The third kappa shape index (κ3) is 3.89. The highest BCUT2D eigenvalue weighted by Crippen LogP contribution is 2.37. The van der Waals surface area contributed by atoms with Gasteiger partial charge >= 0.3 is 12.0 Å². The third-order valence-electron chi connectivity index (χ3n) is 5.19. The molecule has 1 saturated carbocycles. The quantitative estimate of drug-likeness (QED) is 0.871. The average Bonchev–Trinajstić information content (AvgIpc) is 2.84. The normalized spacial score (nSPS) is 25.9. The van der Waals surface area contributed by atoms with Crippen molar-refractivity contribution < 1.29 is 14.7 Å². The lowest BCUT2D eigenvalue weighted by Gasteiger charge is -2.40. The van der Waals surface area contributed by atoms with Crippen molar-refractivity contribution in [2.45, 2.75) is 70.9 Å². The van der Waals surface area contributed by atoms with Gasteiger partial charge in [0.25, 0.3) is 0 Å². The van der Waals surface area contributed by atoms with Gasteiger partial charge in [0.15, 0.2) is 0 Å². The molecule has 1 N–H and O–H groups in total. The minimum atomic E-state index is -0.818. The smallest absolute Gasteiger partial charge is 0.320 e. The number of aliphatic carboxylic acids is 1. The summed E-state index contributed by atoms with van der Waals surface area (Å²) >= 11 is 0. The van der Waals surface area contributed by atoms with Crippen LogP contribution in [0, 0.1) is 5.41 Å². The molecule has 0 radical (unpaired) electrons. The van der Waals surface area contributed by atoms with Crippen molar-refractivity contribution in [2.24, 2.45) is 5.41 Å². The molecule has 1 saturated heterocycles. The van der Waals surface area contributed by atoms with Gasteiger partial charge in [-0.25, -0.2) is 4.79 Å². The summed E-state index contributed by atoms with van der Waals surface area (Å²) in [5, 5.41) is 8.97. The van der Waals surface area contributed by atoms with Crippen LogP contribution in [-0.2, 0) is 4.79 Å². The van der Waals surface area contributed by atoms with Gasteiger partial charge in [-0.3, -0.25) is 4.79 Å². The third-order valence-corrected chi connectivity index (χ3v) is 5.19. The van der Waals surface area contributed by atoms with Crippen molar-refractivity contribution in [2.75, 3.05) is 13.6 Å². The SMILES string of the molecule is CN(C(=O)N1CCCC1CC(=O)O)C1CCC(C)(C)CC1. The zero-order valence-electron chi connectivity index (χ0n) is 13.5. The summed E-state index contributed by atoms with van der Waals surface area (Å²) in [6.07, 6.45) is 6.18. The Morgan fingerprint density at radius 1 is 1.24 bits per heavy atom. The van der Waals surface area contributed by atoms with E-state index in [4.69, 9.17) is 5.11 Å². The Labute approximate surface area is 127 Å². The number of urea groups is 1. The summed E-state index contributed by atoms with van der Waals surface area (Å²) in [6, 6.07) is 0.192. The number of carbonyl (C=O) groups excluding carboxylic acids is 1. The number of likely N-dealkylation sites (tertiary alicyclic amines) is 1. The van der Waals surface area contributed by atoms with Gasteiger partial charge in [-0.05, 0) is 43.9 Å². The molecule has 0 aromatic carbocycles. The van der Waals surface area contributed by atoms with Gasteiger partial charge in [-0.15, -0.1) is 0 Å². The molecule has 0 aromatic rings. The summed E-state index contributed by atoms with van der Waals surface area (Å²) in [5.41, 5.74) is 0.389. The van der Waals surface area contributed by atoms with E-state index in [0.29, 0.717) is 18.0 Å². The Morgan fingerprint density at radius 3 is 2.43 bits per heavy atom. The Bertz CT molecular complexity index is 398. The number of carboxylic acids is 1. The zero-order chi connectivity index (χ0) is 15.6. The van der Waals surface area contributed by atoms with Crippen molar-refractivity contribution in [3.8, 4) is 0 Å². The predicted molar refractivity (Wildman–Crippen MR) is 81.2 cm³/mol. The first-order chi connectivity index (χ1) is 9.80. The van der Waals surface area contributed by atoms with E-state index in [9.17, 15) is 9.59 Å². The zero-order valence-corrected chi connectivity index (χ0v) is 13.5. The summed E-state index contributed by atoms with van der Waals surface area (Å²) in [5.74, 6) is -0.818. The molecule has 1 heterocycles. The molecular formula is C16H28N2O3. The monoisotopic (exact) mass is 296 g/mol. The van der Waals surface area contributed by atoms with Crippen molar-refractivity contribution in [3.05, 3.63) is 0 Å². The molecule has 2 fully saturated rings. The first-order valence-corrected chi connectivity index (χ1v) is 8.05. The molecule has 2 aliphatic rings. The van der Waals surface area contributed by atoms with Gasteiger partial charge in [0.05, 0.1) is 6.42 Å². The fourth-order valence-corrected chi connectivity index (χ4v) is 3.63. The van der Waals surface area contributed by atoms with Gasteiger partial charge in [0.1, 0.15) is 0 Å². The molecule has 0 spiro atoms. The Balaban J connectivity index is 1.94. The molecule has 2 amide bonds. The number of rotatable bonds is 3. The van der Waals surface area contributed by atoms with E-state index in [2.05, 4.69) is 13.8 Å². The van der Waals surface area contributed by atoms with Crippen molar-refractivity contribution in [3.63, 3.8) is 0 Å². The van der Waals surface area contributed by atoms with Crippen LogP contribution in [0.5, 0.6) is 0 Å². The van der Waals surface area contributed by atoms with E-state index in [1.165, 1.54) is 0 Å². The van der Waals surface area contributed by atoms with Crippen molar-refractivity contribution in [1.82, 2.24) is 9.80 Å². The lowest BCUT2D eigenvalue weighted by Crippen LogP contribution is -2.49. The average molecular weight is 296 g/mol. The number of amides is 2. The second-order valence-electron chi connectivity index (χ2n) is 7.38. The number of hydrogen-bond acceptors (Lipinski definition) is 2.